The van der Waals surface area contributed by atoms with E-state index >= 15 is 0 Å². The molecule has 0 fully saturated rings. The third-order valence-electron chi connectivity index (χ3n) is 4.93. The first kappa shape index (κ1) is 25.6. The summed E-state index contributed by atoms with van der Waals surface area (Å²) in [5.41, 5.74) is 6.19. The smallest absolute Gasteiger partial charge is 0.257 e. The largest absolute Gasteiger partial charge is 0.499 e. The van der Waals surface area contributed by atoms with Crippen molar-refractivity contribution >= 4 is 52.5 Å². The number of nitrogens with two attached hydrogens (primary N) is 1. The fourth-order valence-corrected chi connectivity index (χ4v) is 3.17. The van der Waals surface area contributed by atoms with E-state index in [0.717, 1.165) is 4.90 Å². The molecule has 10 heteroatoms. The second kappa shape index (κ2) is 10.5. The molecule has 7 nitrogen and oxygen atoms in total. The third-order valence-corrected chi connectivity index (χ3v) is 6.05. The number of hydrogen-bond donors (Lipinski definition) is 2. The van der Waals surface area contributed by atoms with Crippen molar-refractivity contribution in [2.24, 2.45) is 17.6 Å². The molecule has 0 aromatic carbocycles. The van der Waals surface area contributed by atoms with Gasteiger partial charge >= 0.3 is 0 Å². The van der Waals surface area contributed by atoms with E-state index in [2.05, 4.69) is 11.9 Å². The van der Waals surface area contributed by atoms with Crippen LogP contribution in [0.2, 0.25) is 0 Å². The molecule has 1 rings (SSSR count). The molecule has 0 aromatic heterocycles. The highest BCUT2D eigenvalue weighted by Crippen LogP contribution is 2.38. The van der Waals surface area contributed by atoms with Crippen LogP contribution in [-0.2, 0) is 19.1 Å². The van der Waals surface area contributed by atoms with Gasteiger partial charge in [0, 0.05) is 24.1 Å². The number of ether oxygens (including phenoxy) is 1. The van der Waals surface area contributed by atoms with E-state index in [1.807, 2.05) is 6.92 Å². The van der Waals surface area contributed by atoms with Crippen LogP contribution in [0.4, 0.5) is 0 Å². The van der Waals surface area contributed by atoms with Gasteiger partial charge in [-0.25, -0.2) is 0 Å². The van der Waals surface area contributed by atoms with Crippen LogP contribution in [0.3, 0.4) is 0 Å². The Kier molecular flexibility index (Phi) is 9.31. The Morgan fingerprint density at radius 2 is 1.97 bits per heavy atom. The number of allylic oxidation sites excluding steroid dienone is 1. The summed E-state index contributed by atoms with van der Waals surface area (Å²) in [5, 5.41) is 2.63. The molecule has 3 N–H and O–H groups in total. The van der Waals surface area contributed by atoms with Gasteiger partial charge in [0.05, 0.1) is 13.2 Å². The van der Waals surface area contributed by atoms with Crippen LogP contribution in [0, 0.1) is 11.8 Å². The monoisotopic (exact) mass is 467 g/mol. The SMILES string of the molecule is C=C(N)[C@@H](C)C[C@H]1C(OC)=CC(=O)N1C(=O)[C@@H](C[C@H](C)C(Cl)(Cl)Cl)NC(=O)CC. The molecule has 1 aliphatic heterocycles. The van der Waals surface area contributed by atoms with Gasteiger partial charge in [-0.05, 0) is 18.8 Å². The van der Waals surface area contributed by atoms with Gasteiger partial charge in [-0.15, -0.1) is 0 Å². The van der Waals surface area contributed by atoms with Gasteiger partial charge in [0.25, 0.3) is 11.8 Å². The van der Waals surface area contributed by atoms with E-state index in [0.29, 0.717) is 17.9 Å². The molecule has 164 valence electrons. The van der Waals surface area contributed by atoms with Gasteiger partial charge in [0.2, 0.25) is 5.91 Å². The lowest BCUT2D eigenvalue weighted by molar-refractivity contribution is -0.146. The first-order valence-corrected chi connectivity index (χ1v) is 10.4. The third kappa shape index (κ3) is 6.79. The van der Waals surface area contributed by atoms with Crippen molar-refractivity contribution in [3.05, 3.63) is 24.1 Å². The Balaban J connectivity index is 3.20. The number of nitrogens with one attached hydrogen (secondary N) is 1. The van der Waals surface area contributed by atoms with Crippen LogP contribution in [0.25, 0.3) is 0 Å². The Hall–Kier alpha value is -1.44. The quantitative estimate of drug-likeness (QED) is 0.506. The number of rotatable bonds is 9. The van der Waals surface area contributed by atoms with Crippen molar-refractivity contribution in [3.63, 3.8) is 0 Å². The Bertz CT molecular complexity index is 691. The number of amides is 3. The normalized spacial score (nSPS) is 20.0. The van der Waals surface area contributed by atoms with E-state index in [1.165, 1.54) is 13.2 Å². The minimum atomic E-state index is -1.63. The number of carbonyl (C=O) groups excluding carboxylic acids is 3. The molecule has 0 saturated heterocycles. The van der Waals surface area contributed by atoms with E-state index in [9.17, 15) is 14.4 Å². The molecule has 0 saturated carbocycles. The van der Waals surface area contributed by atoms with Crippen LogP contribution in [-0.4, -0.2) is 45.6 Å². The summed E-state index contributed by atoms with van der Waals surface area (Å²) in [6, 6.07) is -1.71. The van der Waals surface area contributed by atoms with Crippen molar-refractivity contribution in [2.75, 3.05) is 7.11 Å². The molecule has 1 aliphatic rings. The van der Waals surface area contributed by atoms with Crippen molar-refractivity contribution in [1.82, 2.24) is 10.2 Å². The van der Waals surface area contributed by atoms with E-state index in [4.69, 9.17) is 45.3 Å². The minimum absolute atomic E-state index is 0.0407. The lowest BCUT2D eigenvalue weighted by Gasteiger charge is -2.32. The fourth-order valence-electron chi connectivity index (χ4n) is 2.91. The van der Waals surface area contributed by atoms with Crippen molar-refractivity contribution in [1.29, 1.82) is 0 Å². The number of alkyl halides is 3. The number of carbonyl (C=O) groups is 3. The predicted octanol–water partition coefficient (Wildman–Crippen LogP) is 3.04. The number of hydrogen-bond acceptors (Lipinski definition) is 5. The van der Waals surface area contributed by atoms with Crippen LogP contribution >= 0.6 is 34.8 Å². The maximum absolute atomic E-state index is 13.3. The molecule has 29 heavy (non-hydrogen) atoms. The molecule has 0 radical (unpaired) electrons. The lowest BCUT2D eigenvalue weighted by atomic mass is 9.96. The average Bonchev–Trinajstić information content (AvgIpc) is 2.94. The second-order valence-electron chi connectivity index (χ2n) is 7.18. The highest BCUT2D eigenvalue weighted by molar-refractivity contribution is 6.67. The molecular weight excluding hydrogens is 441 g/mol. The number of methoxy groups -OCH3 is 1. The van der Waals surface area contributed by atoms with Crippen LogP contribution in [0.5, 0.6) is 0 Å². The van der Waals surface area contributed by atoms with E-state index in [-0.39, 0.29) is 24.7 Å². The lowest BCUT2D eigenvalue weighted by Crippen LogP contribution is -2.53. The topological polar surface area (TPSA) is 102 Å². The Morgan fingerprint density at radius 3 is 2.41 bits per heavy atom. The fraction of sp³-hybridized carbons (Fsp3) is 0.632. The summed E-state index contributed by atoms with van der Waals surface area (Å²) in [6.07, 6.45) is 1.79. The molecule has 4 atom stereocenters. The molecule has 0 spiro atoms. The molecule has 3 amide bonds. The number of halogens is 3. The van der Waals surface area contributed by atoms with Crippen molar-refractivity contribution in [3.8, 4) is 0 Å². The summed E-state index contributed by atoms with van der Waals surface area (Å²) in [7, 11) is 1.42. The molecule has 0 aliphatic carbocycles. The van der Waals surface area contributed by atoms with Crippen molar-refractivity contribution in [2.45, 2.75) is 55.9 Å². The van der Waals surface area contributed by atoms with Crippen LogP contribution in [0.15, 0.2) is 24.1 Å². The van der Waals surface area contributed by atoms with Gasteiger partial charge in [-0.1, -0.05) is 62.2 Å². The predicted molar refractivity (Wildman–Crippen MR) is 114 cm³/mol. The molecule has 0 unspecified atom stereocenters. The zero-order valence-corrected chi connectivity index (χ0v) is 19.3. The first-order chi connectivity index (χ1) is 13.3. The second-order valence-corrected chi connectivity index (χ2v) is 9.55. The number of imide groups is 1. The summed E-state index contributed by atoms with van der Waals surface area (Å²) in [6.45, 7) is 8.85. The molecule has 0 aromatic rings. The van der Waals surface area contributed by atoms with Crippen LogP contribution < -0.4 is 11.1 Å². The van der Waals surface area contributed by atoms with Gasteiger partial charge in [0.1, 0.15) is 11.8 Å². The number of nitrogens with zero attached hydrogens (tertiary/aromatic N) is 1. The molecular formula is C19H28Cl3N3O4. The van der Waals surface area contributed by atoms with Gasteiger partial charge < -0.3 is 15.8 Å². The van der Waals surface area contributed by atoms with E-state index in [1.54, 1.807) is 13.8 Å². The van der Waals surface area contributed by atoms with Crippen molar-refractivity contribution < 1.29 is 19.1 Å². The van der Waals surface area contributed by atoms with Gasteiger partial charge in [-0.3, -0.25) is 19.3 Å². The standard InChI is InChI=1S/C19H28Cl3N3O4/c1-6-16(26)24-13(8-11(3)19(20,21)22)18(28)25-14(7-10(2)12(4)23)15(29-5)9-17(25)27/h9-11,13-14H,4,6-8,23H2,1-3,5H3,(H,24,26)/t10-,11-,13+,14-/m0/s1. The summed E-state index contributed by atoms with van der Waals surface area (Å²) in [4.78, 5) is 39.0. The summed E-state index contributed by atoms with van der Waals surface area (Å²) in [5.74, 6) is -1.89. The highest BCUT2D eigenvalue weighted by Gasteiger charge is 2.43. The minimum Gasteiger partial charge on any atom is -0.499 e. The van der Waals surface area contributed by atoms with Gasteiger partial charge in [-0.2, -0.15) is 0 Å². The maximum atomic E-state index is 13.3. The van der Waals surface area contributed by atoms with E-state index < -0.39 is 33.6 Å². The first-order valence-electron chi connectivity index (χ1n) is 9.26. The molecule has 0 bridgehead atoms. The molecule has 1 heterocycles. The average molecular weight is 469 g/mol. The van der Waals surface area contributed by atoms with Crippen LogP contribution in [0.1, 0.15) is 40.0 Å². The highest BCUT2D eigenvalue weighted by atomic mass is 35.6. The zero-order chi connectivity index (χ0) is 22.5. The Labute approximate surface area is 186 Å². The zero-order valence-electron chi connectivity index (χ0n) is 17.0. The Morgan fingerprint density at radius 1 is 1.38 bits per heavy atom. The van der Waals surface area contributed by atoms with Gasteiger partial charge in [0.15, 0.2) is 3.79 Å². The maximum Gasteiger partial charge on any atom is 0.257 e. The summed E-state index contributed by atoms with van der Waals surface area (Å²) < 4.78 is 3.66. The summed E-state index contributed by atoms with van der Waals surface area (Å²) >= 11 is 17.8.